The molecule has 1 amide bonds. The number of phenols is 1. The number of carbonyl (C=O) groups is 2. The number of hydrogen-bond donors (Lipinski definition) is 2. The predicted octanol–water partition coefficient (Wildman–Crippen LogP) is 1.61. The van der Waals surface area contributed by atoms with Crippen LogP contribution in [0.5, 0.6) is 11.5 Å². The zero-order valence-electron chi connectivity index (χ0n) is 12.8. The number of carbonyl (C=O) groups excluding carboxylic acids is 1. The van der Waals surface area contributed by atoms with Gasteiger partial charge in [0.1, 0.15) is 11.7 Å². The molecule has 0 bridgehead atoms. The van der Waals surface area contributed by atoms with Crippen molar-refractivity contribution in [3.05, 3.63) is 27.8 Å². The molecule has 10 heteroatoms. The number of nitro benzene ring substituents is 1. The molecule has 2 rings (SSSR count). The van der Waals surface area contributed by atoms with Crippen molar-refractivity contribution < 1.29 is 34.2 Å². The molecular weight excluding hydrogens is 324 g/mol. The van der Waals surface area contributed by atoms with Crippen LogP contribution in [0.4, 0.5) is 10.5 Å². The van der Waals surface area contributed by atoms with Crippen LogP contribution in [0, 0.1) is 10.1 Å². The molecule has 2 N–H and O–H groups in total. The summed E-state index contributed by atoms with van der Waals surface area (Å²) in [6.45, 7) is 0.551. The van der Waals surface area contributed by atoms with E-state index in [1.54, 1.807) is 0 Å². The largest absolute Gasteiger partial charge is 0.504 e. The van der Waals surface area contributed by atoms with Gasteiger partial charge in [-0.2, -0.15) is 0 Å². The summed E-state index contributed by atoms with van der Waals surface area (Å²) in [6.07, 6.45) is -0.592. The van der Waals surface area contributed by atoms with Crippen LogP contribution in [0.1, 0.15) is 23.2 Å². The van der Waals surface area contributed by atoms with E-state index in [9.17, 15) is 24.8 Å². The molecule has 1 heterocycles. The van der Waals surface area contributed by atoms with Crippen molar-refractivity contribution in [1.82, 2.24) is 4.90 Å². The lowest BCUT2D eigenvalue weighted by Gasteiger charge is -2.30. The maximum absolute atomic E-state index is 11.7. The summed E-state index contributed by atoms with van der Waals surface area (Å²) in [6, 6.07) is 1.89. The molecule has 0 saturated carbocycles. The number of likely N-dealkylation sites (tertiary alicyclic amines) is 1. The van der Waals surface area contributed by atoms with Gasteiger partial charge in [0.05, 0.1) is 18.1 Å². The molecule has 10 nitrogen and oxygen atoms in total. The monoisotopic (exact) mass is 340 g/mol. The van der Waals surface area contributed by atoms with E-state index < -0.39 is 28.4 Å². The average molecular weight is 340 g/mol. The van der Waals surface area contributed by atoms with E-state index in [1.165, 1.54) is 4.90 Å². The maximum Gasteiger partial charge on any atom is 0.407 e. The Morgan fingerprint density at radius 2 is 1.96 bits per heavy atom. The number of aromatic hydroxyl groups is 1. The minimum atomic E-state index is -1.01. The zero-order chi connectivity index (χ0) is 17.9. The first kappa shape index (κ1) is 17.3. The van der Waals surface area contributed by atoms with Gasteiger partial charge in [-0.15, -0.1) is 0 Å². The van der Waals surface area contributed by atoms with Gasteiger partial charge < -0.3 is 24.6 Å². The van der Waals surface area contributed by atoms with Crippen molar-refractivity contribution in [3.8, 4) is 11.5 Å². The standard InChI is InChI=1S/C14H16N2O8/c1-23-13(18)9-6-12(11(17)7-10(9)16(21)22)24-8-2-4-15(5-3-8)14(19)20/h6-8,17H,2-5H2,1H3,(H,19,20). The summed E-state index contributed by atoms with van der Waals surface area (Å²) < 4.78 is 10.1. The molecule has 0 atom stereocenters. The molecule has 24 heavy (non-hydrogen) atoms. The first-order chi connectivity index (χ1) is 11.3. The number of amides is 1. The third kappa shape index (κ3) is 3.65. The Hall–Kier alpha value is -3.04. The van der Waals surface area contributed by atoms with Gasteiger partial charge in [-0.05, 0) is 0 Å². The van der Waals surface area contributed by atoms with Crippen molar-refractivity contribution in [2.24, 2.45) is 0 Å². The van der Waals surface area contributed by atoms with Crippen molar-refractivity contribution in [2.75, 3.05) is 20.2 Å². The van der Waals surface area contributed by atoms with Gasteiger partial charge >= 0.3 is 12.1 Å². The van der Waals surface area contributed by atoms with Crippen molar-refractivity contribution in [1.29, 1.82) is 0 Å². The Morgan fingerprint density at radius 3 is 2.46 bits per heavy atom. The fraction of sp³-hybridized carbons (Fsp3) is 0.429. The second-order valence-corrected chi connectivity index (χ2v) is 5.17. The number of rotatable bonds is 4. The Bertz CT molecular complexity index is 667. The van der Waals surface area contributed by atoms with E-state index in [1.807, 2.05) is 0 Å². The number of phenolic OH excluding ortho intramolecular Hbond substituents is 1. The predicted molar refractivity (Wildman–Crippen MR) is 79.3 cm³/mol. The molecule has 0 spiro atoms. The summed E-state index contributed by atoms with van der Waals surface area (Å²) in [4.78, 5) is 34.0. The van der Waals surface area contributed by atoms with Crippen LogP contribution >= 0.6 is 0 Å². The molecule has 1 fully saturated rings. The number of nitrogens with zero attached hydrogens (tertiary/aromatic N) is 2. The van der Waals surface area contributed by atoms with Crippen molar-refractivity contribution >= 4 is 17.7 Å². The molecule has 130 valence electrons. The molecule has 1 aliphatic rings. The van der Waals surface area contributed by atoms with Gasteiger partial charge in [0.2, 0.25) is 0 Å². The molecule has 0 radical (unpaired) electrons. The van der Waals surface area contributed by atoms with E-state index >= 15 is 0 Å². The highest BCUT2D eigenvalue weighted by Gasteiger charge is 2.28. The number of carboxylic acid groups (broad SMARTS) is 1. The molecule has 1 aliphatic heterocycles. The highest BCUT2D eigenvalue weighted by atomic mass is 16.6. The average Bonchev–Trinajstić information content (AvgIpc) is 2.55. The van der Waals surface area contributed by atoms with E-state index in [0.717, 1.165) is 19.2 Å². The van der Waals surface area contributed by atoms with Crippen LogP contribution in [0.25, 0.3) is 0 Å². The first-order valence-electron chi connectivity index (χ1n) is 7.07. The number of benzene rings is 1. The number of piperidine rings is 1. The smallest absolute Gasteiger partial charge is 0.407 e. The Labute approximate surface area is 136 Å². The summed E-state index contributed by atoms with van der Waals surface area (Å²) in [5.74, 6) is -1.49. The topological polar surface area (TPSA) is 139 Å². The van der Waals surface area contributed by atoms with Crippen LogP contribution in [0.3, 0.4) is 0 Å². The lowest BCUT2D eigenvalue weighted by Crippen LogP contribution is -2.41. The van der Waals surface area contributed by atoms with Crippen LogP contribution in [0.2, 0.25) is 0 Å². The molecule has 0 aliphatic carbocycles. The van der Waals surface area contributed by atoms with Gasteiger partial charge in [0.15, 0.2) is 11.5 Å². The fourth-order valence-electron chi connectivity index (χ4n) is 2.42. The second kappa shape index (κ2) is 7.02. The minimum Gasteiger partial charge on any atom is -0.504 e. The van der Waals surface area contributed by atoms with Gasteiger partial charge in [-0.25, -0.2) is 9.59 Å². The summed E-state index contributed by atoms with van der Waals surface area (Å²) >= 11 is 0. The number of ether oxygens (including phenoxy) is 2. The van der Waals surface area contributed by atoms with Crippen molar-refractivity contribution in [2.45, 2.75) is 18.9 Å². The lowest BCUT2D eigenvalue weighted by atomic mass is 10.1. The molecule has 1 aromatic carbocycles. The first-order valence-corrected chi connectivity index (χ1v) is 7.07. The van der Waals surface area contributed by atoms with Gasteiger partial charge in [-0.3, -0.25) is 10.1 Å². The summed E-state index contributed by atoms with van der Waals surface area (Å²) in [7, 11) is 1.08. The third-order valence-electron chi connectivity index (χ3n) is 3.69. The van der Waals surface area contributed by atoms with E-state index in [0.29, 0.717) is 12.8 Å². The summed E-state index contributed by atoms with van der Waals surface area (Å²) in [5, 5.41) is 29.8. The number of methoxy groups -OCH3 is 1. The normalized spacial score (nSPS) is 15.0. The van der Waals surface area contributed by atoms with E-state index in [4.69, 9.17) is 9.84 Å². The molecule has 0 unspecified atom stereocenters. The highest BCUT2D eigenvalue weighted by Crippen LogP contribution is 2.35. The van der Waals surface area contributed by atoms with E-state index in [-0.39, 0.29) is 30.5 Å². The van der Waals surface area contributed by atoms with Gasteiger partial charge in [-0.1, -0.05) is 0 Å². The van der Waals surface area contributed by atoms with Gasteiger partial charge in [0.25, 0.3) is 5.69 Å². The zero-order valence-corrected chi connectivity index (χ0v) is 12.8. The van der Waals surface area contributed by atoms with Crippen LogP contribution in [-0.2, 0) is 4.74 Å². The second-order valence-electron chi connectivity index (χ2n) is 5.17. The molecule has 1 saturated heterocycles. The SMILES string of the molecule is COC(=O)c1cc(OC2CCN(C(=O)O)CC2)c(O)cc1[N+](=O)[O-]. The maximum atomic E-state index is 11.7. The summed E-state index contributed by atoms with van der Waals surface area (Å²) in [5.41, 5.74) is -0.925. The molecular formula is C14H16N2O8. The van der Waals surface area contributed by atoms with Gasteiger partial charge in [0, 0.05) is 32.0 Å². The Balaban J connectivity index is 2.20. The van der Waals surface area contributed by atoms with Crippen LogP contribution in [0.15, 0.2) is 12.1 Å². The molecule has 1 aromatic rings. The number of nitro groups is 1. The van der Waals surface area contributed by atoms with Crippen molar-refractivity contribution in [3.63, 3.8) is 0 Å². The lowest BCUT2D eigenvalue weighted by molar-refractivity contribution is -0.385. The third-order valence-corrected chi connectivity index (χ3v) is 3.69. The van der Waals surface area contributed by atoms with Crippen LogP contribution in [-0.4, -0.2) is 58.4 Å². The Morgan fingerprint density at radius 1 is 1.33 bits per heavy atom. The minimum absolute atomic E-state index is 0.0882. The Kier molecular flexibility index (Phi) is 5.07. The number of hydrogen-bond acceptors (Lipinski definition) is 7. The van der Waals surface area contributed by atoms with Crippen LogP contribution < -0.4 is 4.74 Å². The van der Waals surface area contributed by atoms with E-state index in [2.05, 4.69) is 4.74 Å². The fourth-order valence-corrected chi connectivity index (χ4v) is 2.42. The molecule has 0 aromatic heterocycles. The quantitative estimate of drug-likeness (QED) is 0.478. The number of esters is 1. The highest BCUT2D eigenvalue weighted by molar-refractivity contribution is 5.94.